The number of thiol groups is 1. The molecule has 1 aliphatic carbocycles. The van der Waals surface area contributed by atoms with E-state index >= 15 is 0 Å². The minimum atomic E-state index is -0.558. The van der Waals surface area contributed by atoms with E-state index in [-0.39, 0.29) is 5.41 Å². The van der Waals surface area contributed by atoms with Gasteiger partial charge in [-0.15, -0.1) is 0 Å². The molecule has 0 amide bonds. The number of hydrogen-bond donors (Lipinski definition) is 1. The molecule has 0 atom stereocenters. The molecule has 0 radical (unpaired) electrons. The van der Waals surface area contributed by atoms with Crippen LogP contribution in [0.2, 0.25) is 0 Å². The van der Waals surface area contributed by atoms with Crippen LogP contribution in [0.4, 0.5) is 4.39 Å². The summed E-state index contributed by atoms with van der Waals surface area (Å²) in [6.07, 6.45) is 0.876. The number of nitriles is 1. The van der Waals surface area contributed by atoms with Gasteiger partial charge in [0.1, 0.15) is 11.6 Å². The van der Waals surface area contributed by atoms with Crippen LogP contribution in [0.25, 0.3) is 0 Å². The van der Waals surface area contributed by atoms with Crippen molar-refractivity contribution in [2.24, 2.45) is 0 Å². The number of nitrogens with zero attached hydrogens (tertiary/aromatic N) is 1. The Hall–Kier alpha value is -1.01. The van der Waals surface area contributed by atoms with Crippen LogP contribution >= 0.6 is 12.6 Å². The first kappa shape index (κ1) is 15.0. The molecule has 1 saturated carbocycles. The first-order valence-electron chi connectivity index (χ1n) is 6.16. The molecule has 1 fully saturated rings. The largest absolute Gasteiger partial charge is 0.247 e. The zero-order chi connectivity index (χ0) is 13.8. The van der Waals surface area contributed by atoms with Crippen molar-refractivity contribution in [3.05, 3.63) is 35.4 Å². The minimum Gasteiger partial charge on any atom is -0.247 e. The van der Waals surface area contributed by atoms with Gasteiger partial charge in [0.2, 0.25) is 0 Å². The van der Waals surface area contributed by atoms with Crippen molar-refractivity contribution in [2.75, 3.05) is 0 Å². The summed E-state index contributed by atoms with van der Waals surface area (Å²) >= 11 is 3.09. The summed E-state index contributed by atoms with van der Waals surface area (Å²) in [4.78, 5) is 0. The molecule has 0 bridgehead atoms. The van der Waals surface area contributed by atoms with Crippen molar-refractivity contribution in [1.29, 1.82) is 5.26 Å². The Morgan fingerprint density at radius 2 is 1.67 bits per heavy atom. The van der Waals surface area contributed by atoms with E-state index in [0.717, 1.165) is 12.8 Å². The Morgan fingerprint density at radius 1 is 1.22 bits per heavy atom. The number of halogens is 1. The molecule has 1 aromatic carbocycles. The van der Waals surface area contributed by atoms with E-state index in [9.17, 15) is 4.39 Å². The SMILES string of the molecule is CC(C)(C)c1ccc(C2CC(F)C2)cc1.N#CS. The second-order valence-corrected chi connectivity index (χ2v) is 5.94. The second kappa shape index (κ2) is 6.24. The van der Waals surface area contributed by atoms with Crippen LogP contribution in [0.3, 0.4) is 0 Å². The lowest BCUT2D eigenvalue weighted by Gasteiger charge is -2.30. The Morgan fingerprint density at radius 3 is 2.00 bits per heavy atom. The number of thiocyanates is 1. The Bertz CT molecular complexity index is 408. The lowest BCUT2D eigenvalue weighted by Crippen LogP contribution is -2.22. The van der Waals surface area contributed by atoms with Crippen molar-refractivity contribution in [2.45, 2.75) is 51.1 Å². The molecule has 0 spiro atoms. The van der Waals surface area contributed by atoms with E-state index in [0.29, 0.717) is 5.92 Å². The molecule has 0 aromatic heterocycles. The Balaban J connectivity index is 0.000000492. The summed E-state index contributed by atoms with van der Waals surface area (Å²) in [5, 5.41) is 8.63. The minimum absolute atomic E-state index is 0.209. The van der Waals surface area contributed by atoms with Gasteiger partial charge in [0.15, 0.2) is 0 Å². The first-order chi connectivity index (χ1) is 8.38. The standard InChI is InChI=1S/C14H19F.CHNS/c1-14(2,3)12-6-4-10(5-7-12)11-8-13(15)9-11;2-1-3/h4-7,11,13H,8-9H2,1-3H3;3H. The van der Waals surface area contributed by atoms with Gasteiger partial charge < -0.3 is 0 Å². The van der Waals surface area contributed by atoms with Crippen LogP contribution in [0, 0.1) is 10.7 Å². The van der Waals surface area contributed by atoms with E-state index in [1.165, 1.54) is 16.5 Å². The molecular weight excluding hydrogens is 245 g/mol. The van der Waals surface area contributed by atoms with E-state index in [2.05, 4.69) is 57.7 Å². The van der Waals surface area contributed by atoms with Crippen molar-refractivity contribution < 1.29 is 4.39 Å². The fourth-order valence-electron chi connectivity index (χ4n) is 2.08. The van der Waals surface area contributed by atoms with Crippen molar-refractivity contribution in [1.82, 2.24) is 0 Å². The maximum atomic E-state index is 12.7. The van der Waals surface area contributed by atoms with E-state index in [4.69, 9.17) is 5.26 Å². The Kier molecular flexibility index (Phi) is 5.22. The summed E-state index contributed by atoms with van der Waals surface area (Å²) in [7, 11) is 0. The van der Waals surface area contributed by atoms with Gasteiger partial charge in [0.25, 0.3) is 0 Å². The molecule has 1 nitrogen and oxygen atoms in total. The van der Waals surface area contributed by atoms with Crippen LogP contribution in [0.15, 0.2) is 24.3 Å². The maximum Gasteiger partial charge on any atom is 0.130 e. The summed E-state index contributed by atoms with van der Waals surface area (Å²) < 4.78 is 12.7. The highest BCUT2D eigenvalue weighted by atomic mass is 32.1. The summed E-state index contributed by atoms with van der Waals surface area (Å²) in [6.45, 7) is 6.63. The molecule has 1 aromatic rings. The third-order valence-electron chi connectivity index (χ3n) is 3.33. The quantitative estimate of drug-likeness (QED) is 0.582. The van der Waals surface area contributed by atoms with Crippen LogP contribution in [0.1, 0.15) is 50.7 Å². The van der Waals surface area contributed by atoms with Gasteiger partial charge in [-0.25, -0.2) is 4.39 Å². The van der Waals surface area contributed by atoms with Crippen LogP contribution < -0.4 is 0 Å². The highest BCUT2D eigenvalue weighted by Crippen LogP contribution is 2.39. The molecule has 1 aliphatic rings. The van der Waals surface area contributed by atoms with Crippen molar-refractivity contribution in [3.8, 4) is 5.40 Å². The zero-order valence-electron chi connectivity index (χ0n) is 11.2. The topological polar surface area (TPSA) is 23.8 Å². The predicted octanol–water partition coefficient (Wildman–Crippen LogP) is 4.60. The lowest BCUT2D eigenvalue weighted by atomic mass is 9.77. The summed E-state index contributed by atoms with van der Waals surface area (Å²) in [5.74, 6) is 0.467. The average molecular weight is 265 g/mol. The van der Waals surface area contributed by atoms with E-state index in [1.54, 1.807) is 0 Å². The van der Waals surface area contributed by atoms with Crippen LogP contribution in [-0.2, 0) is 5.41 Å². The van der Waals surface area contributed by atoms with Crippen molar-refractivity contribution in [3.63, 3.8) is 0 Å². The normalized spacial score (nSPS) is 22.2. The molecular formula is C15H20FNS. The third kappa shape index (κ3) is 4.03. The number of alkyl halides is 1. The molecule has 0 N–H and O–H groups in total. The zero-order valence-corrected chi connectivity index (χ0v) is 12.0. The van der Waals surface area contributed by atoms with Gasteiger partial charge in [-0.3, -0.25) is 0 Å². The van der Waals surface area contributed by atoms with Crippen molar-refractivity contribution >= 4 is 12.6 Å². The number of hydrogen-bond acceptors (Lipinski definition) is 2. The molecule has 0 unspecified atom stereocenters. The molecule has 18 heavy (non-hydrogen) atoms. The first-order valence-corrected chi connectivity index (χ1v) is 6.61. The maximum absolute atomic E-state index is 12.7. The van der Waals surface area contributed by atoms with Crippen LogP contribution in [0.5, 0.6) is 0 Å². The highest BCUT2D eigenvalue weighted by Gasteiger charge is 2.30. The fraction of sp³-hybridized carbons (Fsp3) is 0.533. The summed E-state index contributed by atoms with van der Waals surface area (Å²) in [5.41, 5.74) is 2.86. The monoisotopic (exact) mass is 265 g/mol. The average Bonchev–Trinajstić information content (AvgIpc) is 2.25. The Labute approximate surface area is 114 Å². The molecule has 2 rings (SSSR count). The molecule has 0 aliphatic heterocycles. The lowest BCUT2D eigenvalue weighted by molar-refractivity contribution is 0.179. The van der Waals surface area contributed by atoms with Gasteiger partial charge in [-0.1, -0.05) is 57.7 Å². The van der Waals surface area contributed by atoms with Gasteiger partial charge in [-0.2, -0.15) is 5.26 Å². The molecule has 0 heterocycles. The van der Waals surface area contributed by atoms with Gasteiger partial charge in [-0.05, 0) is 35.3 Å². The highest BCUT2D eigenvalue weighted by molar-refractivity contribution is 7.85. The number of rotatable bonds is 1. The van der Waals surface area contributed by atoms with Crippen LogP contribution in [-0.4, -0.2) is 6.17 Å². The van der Waals surface area contributed by atoms with Gasteiger partial charge in [0.05, 0.1) is 0 Å². The van der Waals surface area contributed by atoms with Gasteiger partial charge >= 0.3 is 0 Å². The smallest absolute Gasteiger partial charge is 0.130 e. The van der Waals surface area contributed by atoms with E-state index in [1.807, 2.05) is 0 Å². The summed E-state index contributed by atoms with van der Waals surface area (Å²) in [6, 6.07) is 8.69. The molecule has 98 valence electrons. The van der Waals surface area contributed by atoms with E-state index < -0.39 is 6.17 Å². The second-order valence-electron chi connectivity index (χ2n) is 5.74. The third-order valence-corrected chi connectivity index (χ3v) is 3.33. The fourth-order valence-corrected chi connectivity index (χ4v) is 2.08. The molecule has 3 heteroatoms. The molecule has 0 saturated heterocycles. The van der Waals surface area contributed by atoms with Gasteiger partial charge in [0, 0.05) is 0 Å². The number of benzene rings is 1. The predicted molar refractivity (Wildman–Crippen MR) is 76.6 cm³/mol.